The summed E-state index contributed by atoms with van der Waals surface area (Å²) in [6.45, 7) is 3.06. The Balaban J connectivity index is 1.20. The number of nitriles is 1. The second-order valence-electron chi connectivity index (χ2n) is 9.80. The number of benzene rings is 1. The van der Waals surface area contributed by atoms with Gasteiger partial charge in [-0.25, -0.2) is 15.0 Å². The van der Waals surface area contributed by atoms with Crippen LogP contribution in [0.15, 0.2) is 73.1 Å². The largest absolute Gasteiger partial charge is 0.416 e. The Hall–Kier alpha value is -4.98. The summed E-state index contributed by atoms with van der Waals surface area (Å²) in [5, 5.41) is 15.4. The number of carbonyl (C=O) groups is 1. The van der Waals surface area contributed by atoms with E-state index in [4.69, 9.17) is 5.26 Å². The Labute approximate surface area is 234 Å². The van der Waals surface area contributed by atoms with Crippen LogP contribution in [0.2, 0.25) is 0 Å². The highest BCUT2D eigenvalue weighted by molar-refractivity contribution is 5.94. The van der Waals surface area contributed by atoms with Gasteiger partial charge in [0.25, 0.3) is 5.91 Å². The first kappa shape index (κ1) is 27.6. The number of alkyl halides is 3. The summed E-state index contributed by atoms with van der Waals surface area (Å²) < 4.78 is 39.2. The van der Waals surface area contributed by atoms with Crippen LogP contribution >= 0.6 is 0 Å². The number of rotatable bonds is 6. The highest BCUT2D eigenvalue weighted by Crippen LogP contribution is 2.31. The molecule has 0 radical (unpaired) electrons. The highest BCUT2D eigenvalue weighted by Gasteiger charge is 2.30. The van der Waals surface area contributed by atoms with Crippen LogP contribution < -0.4 is 10.6 Å². The number of amides is 1. The van der Waals surface area contributed by atoms with Crippen LogP contribution in [-0.4, -0.2) is 44.9 Å². The molecule has 1 fully saturated rings. The quantitative estimate of drug-likeness (QED) is 0.291. The fourth-order valence-electron chi connectivity index (χ4n) is 4.66. The van der Waals surface area contributed by atoms with E-state index in [0.29, 0.717) is 41.5 Å². The molecule has 1 aliphatic rings. The van der Waals surface area contributed by atoms with Crippen molar-refractivity contribution in [2.45, 2.75) is 32.0 Å². The van der Waals surface area contributed by atoms with Crippen molar-refractivity contribution in [1.82, 2.24) is 19.9 Å². The average molecular weight is 558 g/mol. The van der Waals surface area contributed by atoms with Gasteiger partial charge in [0.2, 0.25) is 0 Å². The minimum absolute atomic E-state index is 0.0463. The standard InChI is InChI=1S/C30H26F3N7O/c1-19-13-25(38-28(14-19)39-27-16-23(7-10-35-27)30(31,32)33)22-5-6-26(36-18-22)37-24-8-11-40(12-9-24)29(41)21-4-2-3-20(15-21)17-34/h2-7,10,13-16,18,24H,8-9,11-12H2,1H3,(H,36,37)(H,35,38,39). The molecule has 0 unspecified atom stereocenters. The fraction of sp³-hybridized carbons (Fsp3) is 0.233. The number of piperidine rings is 1. The van der Waals surface area contributed by atoms with Crippen LogP contribution in [0.5, 0.6) is 0 Å². The SMILES string of the molecule is Cc1cc(Nc2cc(C(F)(F)F)ccn2)nc(-c2ccc(NC3CCN(C(=O)c4cccc(C#N)c4)CC3)nc2)c1. The van der Waals surface area contributed by atoms with E-state index in [1.807, 2.05) is 25.1 Å². The Morgan fingerprint density at radius 1 is 1.00 bits per heavy atom. The summed E-state index contributed by atoms with van der Waals surface area (Å²) in [5.74, 6) is 1.03. The zero-order chi connectivity index (χ0) is 29.0. The zero-order valence-corrected chi connectivity index (χ0v) is 22.1. The second kappa shape index (κ2) is 11.6. The predicted octanol–water partition coefficient (Wildman–Crippen LogP) is 6.20. The van der Waals surface area contributed by atoms with Crippen molar-refractivity contribution in [2.75, 3.05) is 23.7 Å². The van der Waals surface area contributed by atoms with E-state index in [9.17, 15) is 18.0 Å². The second-order valence-corrected chi connectivity index (χ2v) is 9.80. The summed E-state index contributed by atoms with van der Waals surface area (Å²) >= 11 is 0. The lowest BCUT2D eigenvalue weighted by molar-refractivity contribution is -0.137. The molecule has 0 bridgehead atoms. The molecular formula is C30H26F3N7O. The van der Waals surface area contributed by atoms with Crippen molar-refractivity contribution in [1.29, 1.82) is 5.26 Å². The van der Waals surface area contributed by atoms with Crippen molar-refractivity contribution >= 4 is 23.4 Å². The lowest BCUT2D eigenvalue weighted by atomic mass is 10.0. The Morgan fingerprint density at radius 2 is 1.80 bits per heavy atom. The molecule has 0 aliphatic carbocycles. The minimum atomic E-state index is -4.47. The summed E-state index contributed by atoms with van der Waals surface area (Å²) in [6.07, 6.45) is -0.160. The summed E-state index contributed by atoms with van der Waals surface area (Å²) in [7, 11) is 0. The lowest BCUT2D eigenvalue weighted by Crippen LogP contribution is -2.42. The molecule has 11 heteroatoms. The third kappa shape index (κ3) is 6.78. The van der Waals surface area contributed by atoms with E-state index in [2.05, 4.69) is 31.7 Å². The van der Waals surface area contributed by atoms with Crippen molar-refractivity contribution in [3.63, 3.8) is 0 Å². The number of anilines is 3. The normalized spacial score (nSPS) is 13.9. The van der Waals surface area contributed by atoms with Crippen LogP contribution in [0, 0.1) is 18.3 Å². The molecule has 2 N–H and O–H groups in total. The van der Waals surface area contributed by atoms with Gasteiger partial charge in [-0.2, -0.15) is 18.4 Å². The summed E-state index contributed by atoms with van der Waals surface area (Å²) in [6, 6.07) is 18.1. The fourth-order valence-corrected chi connectivity index (χ4v) is 4.66. The maximum Gasteiger partial charge on any atom is 0.416 e. The van der Waals surface area contributed by atoms with E-state index in [1.165, 1.54) is 0 Å². The first-order chi connectivity index (χ1) is 19.7. The number of pyridine rings is 3. The molecular weight excluding hydrogens is 531 g/mol. The van der Waals surface area contributed by atoms with E-state index in [-0.39, 0.29) is 17.8 Å². The van der Waals surface area contributed by atoms with E-state index in [0.717, 1.165) is 42.3 Å². The summed E-state index contributed by atoms with van der Waals surface area (Å²) in [4.78, 5) is 27.7. The molecule has 0 saturated carbocycles. The van der Waals surface area contributed by atoms with Crippen LogP contribution in [0.1, 0.15) is 39.9 Å². The number of nitrogens with one attached hydrogen (secondary N) is 2. The van der Waals surface area contributed by atoms with Gasteiger partial charge in [0.15, 0.2) is 0 Å². The molecule has 1 aliphatic heterocycles. The molecule has 41 heavy (non-hydrogen) atoms. The van der Waals surface area contributed by atoms with E-state index >= 15 is 0 Å². The van der Waals surface area contributed by atoms with Crippen LogP contribution in [0.25, 0.3) is 11.3 Å². The van der Waals surface area contributed by atoms with Gasteiger partial charge >= 0.3 is 6.18 Å². The first-order valence-corrected chi connectivity index (χ1v) is 13.0. The molecule has 1 saturated heterocycles. The molecule has 0 atom stereocenters. The van der Waals surface area contributed by atoms with Crippen molar-refractivity contribution in [3.8, 4) is 17.3 Å². The molecule has 0 spiro atoms. The Kier molecular flexibility index (Phi) is 7.83. The molecule has 5 rings (SSSR count). The molecule has 208 valence electrons. The van der Waals surface area contributed by atoms with Gasteiger partial charge in [0.05, 0.1) is 22.9 Å². The molecule has 4 heterocycles. The minimum Gasteiger partial charge on any atom is -0.367 e. The number of aryl methyl sites for hydroxylation is 1. The topological polar surface area (TPSA) is 107 Å². The number of nitrogens with zero attached hydrogens (tertiary/aromatic N) is 5. The van der Waals surface area contributed by atoms with Gasteiger partial charge < -0.3 is 15.5 Å². The Morgan fingerprint density at radius 3 is 2.51 bits per heavy atom. The predicted molar refractivity (Wildman–Crippen MR) is 148 cm³/mol. The zero-order valence-electron chi connectivity index (χ0n) is 22.1. The van der Waals surface area contributed by atoms with E-state index < -0.39 is 11.7 Å². The van der Waals surface area contributed by atoms with Crippen LogP contribution in [-0.2, 0) is 6.18 Å². The molecule has 4 aromatic rings. The van der Waals surface area contributed by atoms with Gasteiger partial charge in [-0.15, -0.1) is 0 Å². The number of hydrogen-bond acceptors (Lipinski definition) is 7. The van der Waals surface area contributed by atoms with Crippen molar-refractivity contribution in [2.24, 2.45) is 0 Å². The first-order valence-electron chi connectivity index (χ1n) is 13.0. The molecule has 8 nitrogen and oxygen atoms in total. The lowest BCUT2D eigenvalue weighted by Gasteiger charge is -2.32. The van der Waals surface area contributed by atoms with Gasteiger partial charge in [0, 0.05) is 42.7 Å². The number of aromatic nitrogens is 3. The maximum atomic E-state index is 13.1. The number of likely N-dealkylation sites (tertiary alicyclic amines) is 1. The van der Waals surface area contributed by atoms with Gasteiger partial charge in [-0.1, -0.05) is 6.07 Å². The number of carbonyl (C=O) groups excluding carboxylic acids is 1. The number of hydrogen-bond donors (Lipinski definition) is 2. The third-order valence-electron chi connectivity index (χ3n) is 6.75. The molecule has 3 aromatic heterocycles. The summed E-state index contributed by atoms with van der Waals surface area (Å²) in [5.41, 5.74) is 2.42. The number of halogens is 3. The third-order valence-corrected chi connectivity index (χ3v) is 6.75. The Bertz CT molecular complexity index is 1590. The van der Waals surface area contributed by atoms with Crippen molar-refractivity contribution < 1.29 is 18.0 Å². The van der Waals surface area contributed by atoms with Gasteiger partial charge in [-0.05, 0) is 79.9 Å². The van der Waals surface area contributed by atoms with Crippen LogP contribution in [0.3, 0.4) is 0 Å². The van der Waals surface area contributed by atoms with E-state index in [1.54, 1.807) is 41.4 Å². The highest BCUT2D eigenvalue weighted by atomic mass is 19.4. The monoisotopic (exact) mass is 557 g/mol. The smallest absolute Gasteiger partial charge is 0.367 e. The van der Waals surface area contributed by atoms with Crippen LogP contribution in [0.4, 0.5) is 30.6 Å². The molecule has 1 aromatic carbocycles. The molecule has 1 amide bonds. The average Bonchev–Trinajstić information content (AvgIpc) is 2.97. The van der Waals surface area contributed by atoms with Gasteiger partial charge in [0.1, 0.15) is 17.5 Å². The maximum absolute atomic E-state index is 13.1. The van der Waals surface area contributed by atoms with Crippen molar-refractivity contribution in [3.05, 3.63) is 95.3 Å². The van der Waals surface area contributed by atoms with Gasteiger partial charge in [-0.3, -0.25) is 4.79 Å².